The van der Waals surface area contributed by atoms with E-state index in [-0.39, 0.29) is 18.0 Å². The highest BCUT2D eigenvalue weighted by Crippen LogP contribution is 2.11. The second kappa shape index (κ2) is 8.61. The van der Waals surface area contributed by atoms with E-state index in [2.05, 4.69) is 6.58 Å². The molecule has 1 rings (SSSR count). The molecule has 94 valence electrons. The third-order valence-corrected chi connectivity index (χ3v) is 1.83. The molecule has 17 heavy (non-hydrogen) atoms. The molecule has 1 aromatic rings. The van der Waals surface area contributed by atoms with E-state index in [1.807, 2.05) is 0 Å². The van der Waals surface area contributed by atoms with E-state index in [9.17, 15) is 4.79 Å². The fourth-order valence-electron chi connectivity index (χ4n) is 1.08. The number of carboxylic acid groups (broad SMARTS) is 1. The van der Waals surface area contributed by atoms with Crippen LogP contribution >= 0.6 is 12.4 Å². The van der Waals surface area contributed by atoms with Gasteiger partial charge in [0.25, 0.3) is 0 Å². The number of carbonyl (C=O) groups is 1. The molecule has 0 fully saturated rings. The molecule has 0 amide bonds. The lowest BCUT2D eigenvalue weighted by atomic mass is 10.2. The Morgan fingerprint density at radius 2 is 1.94 bits per heavy atom. The van der Waals surface area contributed by atoms with Crippen molar-refractivity contribution in [2.24, 2.45) is 0 Å². The number of aromatic carboxylic acids is 1. The third-order valence-electron chi connectivity index (χ3n) is 1.83. The van der Waals surface area contributed by atoms with Crippen LogP contribution in [0.15, 0.2) is 36.9 Å². The lowest BCUT2D eigenvalue weighted by molar-refractivity contribution is 0.0696. The molecule has 0 aliphatic heterocycles. The van der Waals surface area contributed by atoms with Gasteiger partial charge in [-0.2, -0.15) is 0 Å². The van der Waals surface area contributed by atoms with Crippen molar-refractivity contribution in [1.82, 2.24) is 0 Å². The van der Waals surface area contributed by atoms with E-state index in [0.29, 0.717) is 25.6 Å². The third kappa shape index (κ3) is 5.94. The minimum atomic E-state index is -0.944. The van der Waals surface area contributed by atoms with Crippen LogP contribution in [-0.4, -0.2) is 30.9 Å². The summed E-state index contributed by atoms with van der Waals surface area (Å²) in [6, 6.07) is 6.25. The van der Waals surface area contributed by atoms with E-state index in [1.165, 1.54) is 12.1 Å². The average Bonchev–Trinajstić information content (AvgIpc) is 2.29. The number of hydrogen-bond acceptors (Lipinski definition) is 3. The fraction of sp³-hybridized carbons (Fsp3) is 0.250. The largest absolute Gasteiger partial charge is 0.491 e. The Balaban J connectivity index is 0.00000256. The quantitative estimate of drug-likeness (QED) is 0.603. The van der Waals surface area contributed by atoms with Gasteiger partial charge in [0, 0.05) is 0 Å². The maximum Gasteiger partial charge on any atom is 0.335 e. The van der Waals surface area contributed by atoms with Crippen molar-refractivity contribution in [2.75, 3.05) is 19.8 Å². The summed E-state index contributed by atoms with van der Waals surface area (Å²) < 4.78 is 10.5. The minimum Gasteiger partial charge on any atom is -0.491 e. The van der Waals surface area contributed by atoms with Crippen molar-refractivity contribution in [1.29, 1.82) is 0 Å². The highest BCUT2D eigenvalue weighted by molar-refractivity contribution is 5.87. The monoisotopic (exact) mass is 258 g/mol. The first-order chi connectivity index (χ1) is 7.74. The predicted molar refractivity (Wildman–Crippen MR) is 67.2 cm³/mol. The van der Waals surface area contributed by atoms with Crippen LogP contribution in [0.3, 0.4) is 0 Å². The molecule has 0 radical (unpaired) electrons. The van der Waals surface area contributed by atoms with Crippen LogP contribution in [0.25, 0.3) is 0 Å². The summed E-state index contributed by atoms with van der Waals surface area (Å²) in [6.07, 6.45) is 1.67. The van der Waals surface area contributed by atoms with E-state index in [1.54, 1.807) is 18.2 Å². The molecule has 0 unspecified atom stereocenters. The molecule has 1 N–H and O–H groups in total. The SMILES string of the molecule is C=CCOCCOc1ccc(C(=O)O)cc1.Cl. The van der Waals surface area contributed by atoms with Crippen molar-refractivity contribution in [3.63, 3.8) is 0 Å². The second-order valence-electron chi connectivity index (χ2n) is 3.04. The Bertz CT molecular complexity index is 348. The zero-order valence-electron chi connectivity index (χ0n) is 9.30. The van der Waals surface area contributed by atoms with Crippen molar-refractivity contribution in [2.45, 2.75) is 0 Å². The molecule has 1 aromatic carbocycles. The van der Waals surface area contributed by atoms with Crippen molar-refractivity contribution < 1.29 is 19.4 Å². The number of benzene rings is 1. The first-order valence-corrected chi connectivity index (χ1v) is 4.89. The standard InChI is InChI=1S/C12H14O4.ClH/c1-2-7-15-8-9-16-11-5-3-10(4-6-11)12(13)14;/h2-6H,1,7-9H2,(H,13,14);1H. The van der Waals surface area contributed by atoms with Crippen LogP contribution in [0, 0.1) is 0 Å². The highest BCUT2D eigenvalue weighted by atomic mass is 35.5. The maximum absolute atomic E-state index is 10.6. The Morgan fingerprint density at radius 1 is 1.29 bits per heavy atom. The van der Waals surface area contributed by atoms with Gasteiger partial charge in [-0.05, 0) is 24.3 Å². The number of ether oxygens (including phenoxy) is 2. The maximum atomic E-state index is 10.6. The first-order valence-electron chi connectivity index (χ1n) is 4.89. The molecule has 0 spiro atoms. The smallest absolute Gasteiger partial charge is 0.335 e. The van der Waals surface area contributed by atoms with Crippen LogP contribution in [-0.2, 0) is 4.74 Å². The molecular formula is C12H15ClO4. The van der Waals surface area contributed by atoms with E-state index < -0.39 is 5.97 Å². The summed E-state index contributed by atoms with van der Waals surface area (Å²) in [6.45, 7) is 4.93. The lowest BCUT2D eigenvalue weighted by Crippen LogP contribution is -2.06. The second-order valence-corrected chi connectivity index (χ2v) is 3.04. The first kappa shape index (κ1) is 15.5. The van der Waals surface area contributed by atoms with Gasteiger partial charge in [-0.25, -0.2) is 4.79 Å². The summed E-state index contributed by atoms with van der Waals surface area (Å²) in [5, 5.41) is 8.68. The molecule has 0 bridgehead atoms. The van der Waals surface area contributed by atoms with Gasteiger partial charge in [0.05, 0.1) is 18.8 Å². The zero-order valence-corrected chi connectivity index (χ0v) is 10.1. The van der Waals surface area contributed by atoms with Gasteiger partial charge in [-0.3, -0.25) is 0 Å². The van der Waals surface area contributed by atoms with Gasteiger partial charge in [0.1, 0.15) is 12.4 Å². The molecule has 0 aromatic heterocycles. The van der Waals surface area contributed by atoms with E-state index >= 15 is 0 Å². The summed E-state index contributed by atoms with van der Waals surface area (Å²) >= 11 is 0. The highest BCUT2D eigenvalue weighted by Gasteiger charge is 2.01. The van der Waals surface area contributed by atoms with Crippen molar-refractivity contribution in [3.8, 4) is 5.75 Å². The molecule has 0 saturated heterocycles. The van der Waals surface area contributed by atoms with E-state index in [4.69, 9.17) is 14.6 Å². The van der Waals surface area contributed by atoms with Gasteiger partial charge in [0.2, 0.25) is 0 Å². The number of halogens is 1. The van der Waals surface area contributed by atoms with E-state index in [0.717, 1.165) is 0 Å². The average molecular weight is 259 g/mol. The molecule has 0 aliphatic carbocycles. The molecule has 0 aliphatic rings. The number of rotatable bonds is 7. The molecule has 5 heteroatoms. The minimum absolute atomic E-state index is 0. The van der Waals surface area contributed by atoms with Crippen LogP contribution in [0.5, 0.6) is 5.75 Å². The lowest BCUT2D eigenvalue weighted by Gasteiger charge is -2.06. The number of hydrogen-bond donors (Lipinski definition) is 1. The summed E-state index contributed by atoms with van der Waals surface area (Å²) in [5.74, 6) is -0.312. The topological polar surface area (TPSA) is 55.8 Å². The molecular weight excluding hydrogens is 244 g/mol. The summed E-state index contributed by atoms with van der Waals surface area (Å²) in [4.78, 5) is 10.6. The summed E-state index contributed by atoms with van der Waals surface area (Å²) in [7, 11) is 0. The number of carboxylic acids is 1. The van der Waals surface area contributed by atoms with Crippen LogP contribution < -0.4 is 4.74 Å². The van der Waals surface area contributed by atoms with Gasteiger partial charge in [-0.1, -0.05) is 6.08 Å². The fourth-order valence-corrected chi connectivity index (χ4v) is 1.08. The van der Waals surface area contributed by atoms with Crippen LogP contribution in [0.2, 0.25) is 0 Å². The molecule has 0 heterocycles. The van der Waals surface area contributed by atoms with Crippen LogP contribution in [0.4, 0.5) is 0 Å². The molecule has 0 atom stereocenters. The Hall–Kier alpha value is -1.52. The molecule has 0 saturated carbocycles. The Morgan fingerprint density at radius 3 is 2.47 bits per heavy atom. The van der Waals surface area contributed by atoms with Crippen molar-refractivity contribution >= 4 is 18.4 Å². The van der Waals surface area contributed by atoms with Crippen LogP contribution in [0.1, 0.15) is 10.4 Å². The van der Waals surface area contributed by atoms with Crippen molar-refractivity contribution in [3.05, 3.63) is 42.5 Å². The van der Waals surface area contributed by atoms with Gasteiger partial charge < -0.3 is 14.6 Å². The Kier molecular flexibility index (Phi) is 7.84. The summed E-state index contributed by atoms with van der Waals surface area (Å²) in [5.41, 5.74) is 0.246. The zero-order chi connectivity index (χ0) is 11.8. The van der Waals surface area contributed by atoms with Gasteiger partial charge in [0.15, 0.2) is 0 Å². The Labute approximate surface area is 106 Å². The predicted octanol–water partition coefficient (Wildman–Crippen LogP) is 2.39. The molecule has 4 nitrogen and oxygen atoms in total. The normalized spacial score (nSPS) is 9.18. The van der Waals surface area contributed by atoms with Gasteiger partial charge >= 0.3 is 5.97 Å². The van der Waals surface area contributed by atoms with Gasteiger partial charge in [-0.15, -0.1) is 19.0 Å².